The first-order chi connectivity index (χ1) is 6.14. The highest BCUT2D eigenvalue weighted by atomic mass is 16.1. The smallest absolute Gasteiger partial charge is 0.123 e. The van der Waals surface area contributed by atoms with E-state index in [1.54, 1.807) is 0 Å². The topological polar surface area (TPSA) is 17.1 Å². The summed E-state index contributed by atoms with van der Waals surface area (Å²) in [4.78, 5) is 10.1. The van der Waals surface area contributed by atoms with Crippen LogP contribution in [-0.2, 0) is 4.79 Å². The van der Waals surface area contributed by atoms with Crippen molar-refractivity contribution < 1.29 is 4.79 Å². The average molecular weight is 178 g/mol. The fourth-order valence-corrected chi connectivity index (χ4v) is 1.76. The highest BCUT2D eigenvalue weighted by Crippen LogP contribution is 2.35. The Morgan fingerprint density at radius 3 is 2.92 bits per heavy atom. The first-order valence-electron chi connectivity index (χ1n) is 4.93. The van der Waals surface area contributed by atoms with Crippen molar-refractivity contribution in [2.75, 3.05) is 0 Å². The van der Waals surface area contributed by atoms with Crippen LogP contribution in [-0.4, -0.2) is 6.29 Å². The van der Waals surface area contributed by atoms with E-state index in [-0.39, 0.29) is 0 Å². The maximum atomic E-state index is 10.1. The van der Waals surface area contributed by atoms with E-state index in [1.807, 2.05) is 6.08 Å². The van der Waals surface area contributed by atoms with Crippen LogP contribution in [0.4, 0.5) is 0 Å². The first-order valence-corrected chi connectivity index (χ1v) is 4.93. The van der Waals surface area contributed by atoms with Crippen LogP contribution in [0.5, 0.6) is 0 Å². The summed E-state index contributed by atoms with van der Waals surface area (Å²) in [5, 5.41) is 0. The largest absolute Gasteiger partial charge is 0.303 e. The van der Waals surface area contributed by atoms with Gasteiger partial charge in [-0.15, -0.1) is 0 Å². The third-order valence-corrected chi connectivity index (χ3v) is 2.47. The molecule has 0 radical (unpaired) electrons. The third kappa shape index (κ3) is 3.58. The van der Waals surface area contributed by atoms with Crippen molar-refractivity contribution >= 4 is 6.29 Å². The van der Waals surface area contributed by atoms with E-state index in [2.05, 4.69) is 26.0 Å². The summed E-state index contributed by atoms with van der Waals surface area (Å²) in [6.45, 7) is 4.60. The second-order valence-electron chi connectivity index (χ2n) is 4.46. The Bertz CT molecular complexity index is 234. The van der Waals surface area contributed by atoms with Gasteiger partial charge in [0.1, 0.15) is 6.29 Å². The Labute approximate surface area is 80.5 Å². The van der Waals surface area contributed by atoms with Gasteiger partial charge in [0.25, 0.3) is 0 Å². The molecule has 0 N–H and O–H groups in total. The van der Waals surface area contributed by atoms with Crippen molar-refractivity contribution in [3.63, 3.8) is 0 Å². The number of carbonyl (C=O) groups excluding carboxylic acids is 1. The molecule has 1 heteroatoms. The highest BCUT2D eigenvalue weighted by molar-refractivity contribution is 5.52. The zero-order valence-corrected chi connectivity index (χ0v) is 8.55. The monoisotopic (exact) mass is 178 g/mol. The molecule has 1 aliphatic rings. The Balaban J connectivity index is 2.51. The number of carbonyl (C=O) groups is 1. The molecule has 0 spiro atoms. The van der Waals surface area contributed by atoms with E-state index in [4.69, 9.17) is 0 Å². The second kappa shape index (κ2) is 4.40. The number of hydrogen-bond acceptors (Lipinski definition) is 1. The van der Waals surface area contributed by atoms with Crippen molar-refractivity contribution in [1.29, 1.82) is 0 Å². The molecule has 1 nitrogen and oxygen atoms in total. The molecule has 0 aromatic rings. The zero-order chi connectivity index (χ0) is 9.73. The van der Waals surface area contributed by atoms with E-state index in [0.717, 1.165) is 12.7 Å². The molecule has 0 atom stereocenters. The number of rotatable bonds is 3. The molecule has 13 heavy (non-hydrogen) atoms. The van der Waals surface area contributed by atoms with Crippen LogP contribution in [0, 0.1) is 5.41 Å². The molecule has 0 aliphatic heterocycles. The van der Waals surface area contributed by atoms with Crippen LogP contribution in [0.15, 0.2) is 23.8 Å². The maximum absolute atomic E-state index is 10.1. The molecule has 0 heterocycles. The predicted molar refractivity (Wildman–Crippen MR) is 55.5 cm³/mol. The minimum absolute atomic E-state index is 0.440. The average Bonchev–Trinajstić information content (AvgIpc) is 2.03. The summed E-state index contributed by atoms with van der Waals surface area (Å²) in [6, 6.07) is 0. The lowest BCUT2D eigenvalue weighted by Crippen LogP contribution is -2.14. The molecule has 1 rings (SSSR count). The quantitative estimate of drug-likeness (QED) is 0.606. The predicted octanol–water partition coefficient (Wildman–Crippen LogP) is 3.27. The Hall–Kier alpha value is -0.850. The van der Waals surface area contributed by atoms with Crippen LogP contribution in [0.25, 0.3) is 0 Å². The van der Waals surface area contributed by atoms with E-state index in [0.29, 0.717) is 11.8 Å². The van der Waals surface area contributed by atoms with Gasteiger partial charge in [0.05, 0.1) is 0 Å². The summed E-state index contributed by atoms with van der Waals surface area (Å²) in [7, 11) is 0. The fourth-order valence-electron chi connectivity index (χ4n) is 1.76. The molecule has 0 amide bonds. The van der Waals surface area contributed by atoms with Gasteiger partial charge >= 0.3 is 0 Å². The van der Waals surface area contributed by atoms with Gasteiger partial charge < -0.3 is 4.79 Å². The molecule has 72 valence electrons. The van der Waals surface area contributed by atoms with Gasteiger partial charge in [-0.3, -0.25) is 0 Å². The van der Waals surface area contributed by atoms with Crippen LogP contribution in [0.3, 0.4) is 0 Å². The molecule has 0 saturated carbocycles. The molecule has 0 aromatic carbocycles. The van der Waals surface area contributed by atoms with Crippen LogP contribution in [0.2, 0.25) is 0 Å². The SMILES string of the molecule is CC1(C)CCC=C(C=CCC=O)C1. The molecular weight excluding hydrogens is 160 g/mol. The normalized spacial score (nSPS) is 21.5. The lowest BCUT2D eigenvalue weighted by atomic mass is 9.77. The Morgan fingerprint density at radius 2 is 2.31 bits per heavy atom. The van der Waals surface area contributed by atoms with Gasteiger partial charge in [0.2, 0.25) is 0 Å². The van der Waals surface area contributed by atoms with Crippen molar-refractivity contribution in [2.24, 2.45) is 5.41 Å². The molecular formula is C12H18O. The fraction of sp³-hybridized carbons (Fsp3) is 0.583. The van der Waals surface area contributed by atoms with Gasteiger partial charge in [-0.2, -0.15) is 0 Å². The lowest BCUT2D eigenvalue weighted by molar-refractivity contribution is -0.107. The summed E-state index contributed by atoms with van der Waals surface area (Å²) in [6.07, 6.45) is 11.4. The molecule has 0 fully saturated rings. The minimum atomic E-state index is 0.440. The second-order valence-corrected chi connectivity index (χ2v) is 4.46. The van der Waals surface area contributed by atoms with Gasteiger partial charge in [-0.1, -0.05) is 37.6 Å². The van der Waals surface area contributed by atoms with Crippen LogP contribution in [0.1, 0.15) is 39.5 Å². The standard InChI is InChI=1S/C12H18O/c1-12(2)8-5-7-11(10-12)6-3-4-9-13/h3,6-7,9H,4-5,8,10H2,1-2H3. The van der Waals surface area contributed by atoms with Crippen molar-refractivity contribution in [3.8, 4) is 0 Å². The van der Waals surface area contributed by atoms with Gasteiger partial charge in [0, 0.05) is 6.42 Å². The Kier molecular flexibility index (Phi) is 3.47. The molecule has 0 aromatic heterocycles. The summed E-state index contributed by atoms with van der Waals surface area (Å²) in [5.41, 5.74) is 1.83. The molecule has 0 unspecified atom stereocenters. The zero-order valence-electron chi connectivity index (χ0n) is 8.55. The lowest BCUT2D eigenvalue weighted by Gasteiger charge is -2.28. The van der Waals surface area contributed by atoms with Crippen molar-refractivity contribution in [3.05, 3.63) is 23.8 Å². The third-order valence-electron chi connectivity index (χ3n) is 2.47. The first kappa shape index (κ1) is 10.2. The van der Waals surface area contributed by atoms with Crippen LogP contribution < -0.4 is 0 Å². The minimum Gasteiger partial charge on any atom is -0.303 e. The van der Waals surface area contributed by atoms with E-state index in [1.165, 1.54) is 18.4 Å². The van der Waals surface area contributed by atoms with Gasteiger partial charge in [0.15, 0.2) is 0 Å². The van der Waals surface area contributed by atoms with E-state index >= 15 is 0 Å². The number of hydrogen-bond donors (Lipinski definition) is 0. The molecule has 0 saturated heterocycles. The Morgan fingerprint density at radius 1 is 1.54 bits per heavy atom. The van der Waals surface area contributed by atoms with Crippen molar-refractivity contribution in [2.45, 2.75) is 39.5 Å². The molecule has 1 aliphatic carbocycles. The molecule has 0 bridgehead atoms. The number of aldehydes is 1. The van der Waals surface area contributed by atoms with Crippen molar-refractivity contribution in [1.82, 2.24) is 0 Å². The summed E-state index contributed by atoms with van der Waals surface area (Å²) < 4.78 is 0. The number of allylic oxidation sites excluding steroid dienone is 4. The summed E-state index contributed by atoms with van der Waals surface area (Å²) in [5.74, 6) is 0. The van der Waals surface area contributed by atoms with Gasteiger partial charge in [-0.25, -0.2) is 0 Å². The van der Waals surface area contributed by atoms with E-state index in [9.17, 15) is 4.79 Å². The highest BCUT2D eigenvalue weighted by Gasteiger charge is 2.21. The summed E-state index contributed by atoms with van der Waals surface area (Å²) >= 11 is 0. The maximum Gasteiger partial charge on any atom is 0.123 e. The van der Waals surface area contributed by atoms with Crippen LogP contribution >= 0.6 is 0 Å². The van der Waals surface area contributed by atoms with E-state index < -0.39 is 0 Å². The van der Waals surface area contributed by atoms with Gasteiger partial charge in [-0.05, 0) is 24.7 Å².